The van der Waals surface area contributed by atoms with E-state index < -0.39 is 10.8 Å². The van der Waals surface area contributed by atoms with Gasteiger partial charge in [0.15, 0.2) is 0 Å². The van der Waals surface area contributed by atoms with Crippen LogP contribution in [0.2, 0.25) is 0 Å². The lowest BCUT2D eigenvalue weighted by atomic mass is 9.97. The van der Waals surface area contributed by atoms with Crippen molar-refractivity contribution in [1.82, 2.24) is 0 Å². The molecule has 0 amide bonds. The van der Waals surface area contributed by atoms with Crippen LogP contribution in [0.25, 0.3) is 0 Å². The summed E-state index contributed by atoms with van der Waals surface area (Å²) in [7, 11) is -1.23. The fraction of sp³-hybridized carbons (Fsp3) is 0.278. The third-order valence-electron chi connectivity index (χ3n) is 3.64. The molecule has 0 bridgehead atoms. The summed E-state index contributed by atoms with van der Waals surface area (Å²) in [6, 6.07) is 11.7. The molecule has 3 nitrogen and oxygen atoms in total. The van der Waals surface area contributed by atoms with Crippen LogP contribution >= 0.6 is 0 Å². The lowest BCUT2D eigenvalue weighted by Gasteiger charge is -2.13. The summed E-state index contributed by atoms with van der Waals surface area (Å²) in [5.74, 6) is 0.199. The van der Waals surface area contributed by atoms with Crippen molar-refractivity contribution in [2.24, 2.45) is 5.16 Å². The monoisotopic (exact) mass is 315 g/mol. The minimum Gasteiger partial charge on any atom is -0.411 e. The van der Waals surface area contributed by atoms with Crippen molar-refractivity contribution in [3.05, 3.63) is 64.2 Å². The van der Waals surface area contributed by atoms with Gasteiger partial charge >= 0.3 is 0 Å². The first-order valence-corrected chi connectivity index (χ1v) is 8.48. The Hall–Kier alpha value is -1.94. The van der Waals surface area contributed by atoms with E-state index in [2.05, 4.69) is 5.16 Å². The largest absolute Gasteiger partial charge is 0.411 e. The van der Waals surface area contributed by atoms with E-state index in [0.29, 0.717) is 5.71 Å². The summed E-state index contributed by atoms with van der Waals surface area (Å²) in [5, 5.41) is 12.8. The molecule has 1 atom stereocenters. The minimum atomic E-state index is -1.23. The zero-order valence-corrected chi connectivity index (χ0v) is 14.2. The maximum Gasteiger partial charge on any atom is 0.100 e. The molecule has 2 rings (SSSR count). The molecule has 116 valence electrons. The Morgan fingerprint density at radius 3 is 2.05 bits per heavy atom. The second-order valence-corrected chi connectivity index (χ2v) is 7.07. The number of benzene rings is 2. The van der Waals surface area contributed by atoms with Crippen molar-refractivity contribution in [1.29, 1.82) is 0 Å². The average molecular weight is 315 g/mol. The molecule has 0 aliphatic carbocycles. The summed E-state index contributed by atoms with van der Waals surface area (Å²) in [5.41, 5.74) is 5.71. The van der Waals surface area contributed by atoms with E-state index in [9.17, 15) is 9.42 Å². The second kappa shape index (κ2) is 6.88. The molecule has 0 aliphatic heterocycles. The topological polar surface area (TPSA) is 49.7 Å². The van der Waals surface area contributed by atoms with Gasteiger partial charge in [0, 0.05) is 10.5 Å². The highest BCUT2D eigenvalue weighted by molar-refractivity contribution is 7.85. The smallest absolute Gasteiger partial charge is 0.100 e. The van der Waals surface area contributed by atoms with Crippen molar-refractivity contribution < 1.29 is 9.42 Å². The first-order valence-electron chi connectivity index (χ1n) is 7.16. The molecule has 0 saturated carbocycles. The van der Waals surface area contributed by atoms with Gasteiger partial charge in [0.05, 0.1) is 16.6 Å². The normalized spacial score (nSPS) is 13.2. The van der Waals surface area contributed by atoms with E-state index in [-0.39, 0.29) is 5.75 Å². The number of nitrogens with zero attached hydrogens (tertiary/aromatic N) is 1. The summed E-state index contributed by atoms with van der Waals surface area (Å²) in [4.78, 5) is 0.745. The highest BCUT2D eigenvalue weighted by Gasteiger charge is 2.16. The van der Waals surface area contributed by atoms with Crippen LogP contribution in [0.5, 0.6) is 0 Å². The van der Waals surface area contributed by atoms with Crippen molar-refractivity contribution >= 4 is 16.5 Å². The first kappa shape index (κ1) is 16.4. The number of aryl methyl sites for hydroxylation is 4. The van der Waals surface area contributed by atoms with Crippen LogP contribution in [-0.2, 0) is 10.8 Å². The Morgan fingerprint density at radius 2 is 1.55 bits per heavy atom. The predicted molar refractivity (Wildman–Crippen MR) is 91.4 cm³/mol. The van der Waals surface area contributed by atoms with Crippen LogP contribution in [0, 0.1) is 27.7 Å². The van der Waals surface area contributed by atoms with Crippen LogP contribution in [0.1, 0.15) is 27.8 Å². The molecule has 0 heterocycles. The Balaban J connectivity index is 2.31. The van der Waals surface area contributed by atoms with E-state index in [1.54, 1.807) is 0 Å². The third kappa shape index (κ3) is 3.63. The molecular formula is C18H21NO2S. The van der Waals surface area contributed by atoms with Crippen LogP contribution in [0.3, 0.4) is 0 Å². The van der Waals surface area contributed by atoms with E-state index in [1.165, 1.54) is 0 Å². The van der Waals surface area contributed by atoms with Crippen molar-refractivity contribution in [3.8, 4) is 0 Å². The lowest BCUT2D eigenvalue weighted by molar-refractivity contribution is 0.319. The standard InChI is InChI=1S/C18H21NO2S/c1-12-5-7-16(8-6-12)22(21)11-17(19-20)18-14(3)9-13(2)10-15(18)4/h5-10,20H,11H2,1-4H3/b19-17-. The van der Waals surface area contributed by atoms with Crippen molar-refractivity contribution in [2.75, 3.05) is 5.75 Å². The van der Waals surface area contributed by atoms with Gasteiger partial charge in [0.2, 0.25) is 0 Å². The van der Waals surface area contributed by atoms with Gasteiger partial charge in [-0.15, -0.1) is 0 Å². The SMILES string of the molecule is Cc1ccc(S(=O)C/C(=N/O)c2c(C)cc(C)cc2C)cc1. The van der Waals surface area contributed by atoms with Crippen LogP contribution in [0.4, 0.5) is 0 Å². The lowest BCUT2D eigenvalue weighted by Crippen LogP contribution is -2.15. The molecule has 1 N–H and O–H groups in total. The highest BCUT2D eigenvalue weighted by atomic mass is 32.2. The molecular weight excluding hydrogens is 294 g/mol. The molecule has 2 aromatic carbocycles. The van der Waals surface area contributed by atoms with Crippen LogP contribution in [-0.4, -0.2) is 20.9 Å². The summed E-state index contributed by atoms with van der Waals surface area (Å²) < 4.78 is 12.5. The minimum absolute atomic E-state index is 0.199. The maximum atomic E-state index is 12.5. The van der Waals surface area contributed by atoms with Gasteiger partial charge < -0.3 is 5.21 Å². The summed E-state index contributed by atoms with van der Waals surface area (Å²) in [6.45, 7) is 7.99. The Morgan fingerprint density at radius 1 is 1.00 bits per heavy atom. The average Bonchev–Trinajstić information content (AvgIpc) is 2.45. The maximum absolute atomic E-state index is 12.5. The molecule has 0 fully saturated rings. The fourth-order valence-electron chi connectivity index (χ4n) is 2.68. The second-order valence-electron chi connectivity index (χ2n) is 5.62. The molecule has 0 radical (unpaired) electrons. The zero-order chi connectivity index (χ0) is 16.3. The van der Waals surface area contributed by atoms with Gasteiger partial charge in [-0.1, -0.05) is 40.5 Å². The van der Waals surface area contributed by atoms with Crippen LogP contribution < -0.4 is 0 Å². The summed E-state index contributed by atoms with van der Waals surface area (Å²) in [6.07, 6.45) is 0. The van der Waals surface area contributed by atoms with E-state index >= 15 is 0 Å². The van der Waals surface area contributed by atoms with Gasteiger partial charge in [0.1, 0.15) is 5.71 Å². The first-order chi connectivity index (χ1) is 10.4. The van der Waals surface area contributed by atoms with Gasteiger partial charge in [-0.25, -0.2) is 0 Å². The van der Waals surface area contributed by atoms with Gasteiger partial charge in [-0.3, -0.25) is 4.21 Å². The number of hydrogen-bond acceptors (Lipinski definition) is 3. The van der Waals surface area contributed by atoms with Gasteiger partial charge in [-0.2, -0.15) is 0 Å². The van der Waals surface area contributed by atoms with E-state index in [1.807, 2.05) is 64.1 Å². The number of rotatable bonds is 4. The zero-order valence-electron chi connectivity index (χ0n) is 13.4. The number of oxime groups is 1. The molecule has 0 saturated heterocycles. The molecule has 0 aromatic heterocycles. The van der Waals surface area contributed by atoms with Gasteiger partial charge in [-0.05, 0) is 51.0 Å². The molecule has 0 aliphatic rings. The van der Waals surface area contributed by atoms with Crippen LogP contribution in [0.15, 0.2) is 46.4 Å². The third-order valence-corrected chi connectivity index (χ3v) is 4.97. The van der Waals surface area contributed by atoms with Gasteiger partial charge in [0.25, 0.3) is 0 Å². The summed E-state index contributed by atoms with van der Waals surface area (Å²) >= 11 is 0. The van der Waals surface area contributed by atoms with Crippen molar-refractivity contribution in [3.63, 3.8) is 0 Å². The van der Waals surface area contributed by atoms with E-state index in [0.717, 1.165) is 32.7 Å². The molecule has 0 spiro atoms. The van der Waals surface area contributed by atoms with Crippen molar-refractivity contribution in [2.45, 2.75) is 32.6 Å². The molecule has 2 aromatic rings. The molecule has 4 heteroatoms. The highest BCUT2D eigenvalue weighted by Crippen LogP contribution is 2.19. The Bertz CT molecular complexity index is 710. The fourth-order valence-corrected chi connectivity index (χ4v) is 3.74. The Labute approximate surface area is 134 Å². The number of hydrogen-bond donors (Lipinski definition) is 1. The van der Waals surface area contributed by atoms with E-state index in [4.69, 9.17) is 0 Å². The Kier molecular flexibility index (Phi) is 5.14. The molecule has 1 unspecified atom stereocenters. The predicted octanol–water partition coefficient (Wildman–Crippen LogP) is 3.91. The quantitative estimate of drug-likeness (QED) is 0.528. The molecule has 22 heavy (non-hydrogen) atoms.